The van der Waals surface area contributed by atoms with Gasteiger partial charge in [0.15, 0.2) is 0 Å². The second-order valence-electron chi connectivity index (χ2n) is 4.93. The minimum absolute atomic E-state index is 0.135. The summed E-state index contributed by atoms with van der Waals surface area (Å²) in [5.41, 5.74) is 13.1. The largest absolute Gasteiger partial charge is 0.508 e. The van der Waals surface area contributed by atoms with Gasteiger partial charge in [-0.2, -0.15) is 0 Å². The molecule has 0 aliphatic heterocycles. The highest BCUT2D eigenvalue weighted by molar-refractivity contribution is 5.37. The summed E-state index contributed by atoms with van der Waals surface area (Å²) >= 11 is 0. The van der Waals surface area contributed by atoms with Crippen molar-refractivity contribution in [3.05, 3.63) is 29.3 Å². The van der Waals surface area contributed by atoms with E-state index in [0.717, 1.165) is 5.56 Å². The number of hydrogen-bond donors (Lipinski definition) is 4. The van der Waals surface area contributed by atoms with E-state index in [2.05, 4.69) is 13.8 Å². The zero-order valence-corrected chi connectivity index (χ0v) is 11.1. The molecule has 2 atom stereocenters. The van der Waals surface area contributed by atoms with Crippen molar-refractivity contribution >= 4 is 0 Å². The van der Waals surface area contributed by atoms with E-state index in [1.165, 1.54) is 0 Å². The Morgan fingerprint density at radius 3 is 2.28 bits per heavy atom. The van der Waals surface area contributed by atoms with Gasteiger partial charge < -0.3 is 21.7 Å². The van der Waals surface area contributed by atoms with E-state index in [9.17, 15) is 5.11 Å². The summed E-state index contributed by atoms with van der Waals surface area (Å²) in [5, 5.41) is 18.7. The van der Waals surface area contributed by atoms with Crippen LogP contribution in [0.1, 0.15) is 30.9 Å². The van der Waals surface area contributed by atoms with Crippen LogP contribution in [0.4, 0.5) is 0 Å². The van der Waals surface area contributed by atoms with Crippen molar-refractivity contribution in [1.29, 1.82) is 0 Å². The topological polar surface area (TPSA) is 92.5 Å². The second-order valence-corrected chi connectivity index (χ2v) is 4.93. The molecule has 18 heavy (non-hydrogen) atoms. The van der Waals surface area contributed by atoms with E-state index in [0.29, 0.717) is 24.6 Å². The van der Waals surface area contributed by atoms with Crippen LogP contribution >= 0.6 is 0 Å². The van der Waals surface area contributed by atoms with Crippen molar-refractivity contribution in [2.45, 2.75) is 26.4 Å². The molecule has 0 spiro atoms. The van der Waals surface area contributed by atoms with Gasteiger partial charge in [-0.15, -0.1) is 0 Å². The number of hydrogen-bond acceptors (Lipinski definition) is 4. The van der Waals surface area contributed by atoms with E-state index >= 15 is 0 Å². The van der Waals surface area contributed by atoms with Crippen LogP contribution in [0.15, 0.2) is 18.2 Å². The average Bonchev–Trinajstić information content (AvgIpc) is 2.39. The third kappa shape index (κ3) is 3.22. The molecule has 0 saturated heterocycles. The maximum absolute atomic E-state index is 9.56. The van der Waals surface area contributed by atoms with Crippen LogP contribution in [-0.2, 0) is 6.61 Å². The molecule has 0 aliphatic rings. The standard InChI is InChI=1S/C14H24N2O2/c1-9(10(2)13(6-15)7-16)11-3-4-14(18)12(5-11)8-17/h3-5,9-10,13,17-18H,6-8,15-16H2,1-2H3. The van der Waals surface area contributed by atoms with Gasteiger partial charge >= 0.3 is 0 Å². The smallest absolute Gasteiger partial charge is 0.121 e. The molecule has 0 aromatic heterocycles. The molecule has 6 N–H and O–H groups in total. The van der Waals surface area contributed by atoms with E-state index in [-0.39, 0.29) is 24.2 Å². The Bertz CT molecular complexity index is 378. The number of aliphatic hydroxyl groups is 1. The first-order chi connectivity index (χ1) is 8.54. The number of aliphatic hydroxyl groups excluding tert-OH is 1. The fourth-order valence-corrected chi connectivity index (χ4v) is 2.25. The Labute approximate surface area is 109 Å². The van der Waals surface area contributed by atoms with Crippen LogP contribution in [0.2, 0.25) is 0 Å². The van der Waals surface area contributed by atoms with E-state index in [1.807, 2.05) is 12.1 Å². The molecule has 4 heteroatoms. The number of phenols is 1. The minimum Gasteiger partial charge on any atom is -0.508 e. The molecule has 102 valence electrons. The van der Waals surface area contributed by atoms with Gasteiger partial charge in [0.2, 0.25) is 0 Å². The first-order valence-electron chi connectivity index (χ1n) is 6.37. The number of aromatic hydroxyl groups is 1. The Hall–Kier alpha value is -1.10. The molecule has 0 amide bonds. The Kier molecular flexibility index (Phi) is 5.59. The summed E-state index contributed by atoms with van der Waals surface area (Å²) in [4.78, 5) is 0. The molecule has 0 aliphatic carbocycles. The Morgan fingerprint density at radius 2 is 1.78 bits per heavy atom. The molecule has 2 unspecified atom stereocenters. The van der Waals surface area contributed by atoms with Gasteiger partial charge in [0.05, 0.1) is 6.61 Å². The molecule has 0 fully saturated rings. The van der Waals surface area contributed by atoms with Crippen LogP contribution < -0.4 is 11.5 Å². The fourth-order valence-electron chi connectivity index (χ4n) is 2.25. The van der Waals surface area contributed by atoms with Crippen molar-refractivity contribution in [1.82, 2.24) is 0 Å². The molecule has 0 saturated carbocycles. The van der Waals surface area contributed by atoms with Crippen LogP contribution in [0.5, 0.6) is 5.75 Å². The Balaban J connectivity index is 2.92. The van der Waals surface area contributed by atoms with Gasteiger partial charge in [0.25, 0.3) is 0 Å². The highest BCUT2D eigenvalue weighted by Gasteiger charge is 2.22. The van der Waals surface area contributed by atoms with Gasteiger partial charge in [-0.3, -0.25) is 0 Å². The third-order valence-electron chi connectivity index (χ3n) is 3.94. The lowest BCUT2D eigenvalue weighted by Crippen LogP contribution is -2.31. The van der Waals surface area contributed by atoms with Crippen molar-refractivity contribution in [3.63, 3.8) is 0 Å². The summed E-state index contributed by atoms with van der Waals surface area (Å²) in [6.07, 6.45) is 0. The number of benzene rings is 1. The monoisotopic (exact) mass is 252 g/mol. The van der Waals surface area contributed by atoms with Crippen molar-refractivity contribution < 1.29 is 10.2 Å². The van der Waals surface area contributed by atoms with E-state index < -0.39 is 0 Å². The quantitative estimate of drug-likeness (QED) is 0.611. The third-order valence-corrected chi connectivity index (χ3v) is 3.94. The lowest BCUT2D eigenvalue weighted by Gasteiger charge is -2.27. The zero-order chi connectivity index (χ0) is 13.7. The normalized spacial score (nSPS) is 14.8. The van der Waals surface area contributed by atoms with Crippen LogP contribution in [0, 0.1) is 11.8 Å². The van der Waals surface area contributed by atoms with Gasteiger partial charge in [-0.25, -0.2) is 0 Å². The maximum atomic E-state index is 9.56. The predicted molar refractivity (Wildman–Crippen MR) is 73.2 cm³/mol. The first kappa shape index (κ1) is 15.0. The molecule has 0 bridgehead atoms. The van der Waals surface area contributed by atoms with E-state index in [4.69, 9.17) is 16.6 Å². The molecule has 4 nitrogen and oxygen atoms in total. The highest BCUT2D eigenvalue weighted by atomic mass is 16.3. The molecule has 0 heterocycles. The van der Waals surface area contributed by atoms with Gasteiger partial charge in [0.1, 0.15) is 5.75 Å². The summed E-state index contributed by atoms with van der Waals surface area (Å²) in [6, 6.07) is 5.37. The summed E-state index contributed by atoms with van der Waals surface area (Å²) < 4.78 is 0. The summed E-state index contributed by atoms with van der Waals surface area (Å²) in [7, 11) is 0. The van der Waals surface area contributed by atoms with Crippen molar-refractivity contribution in [3.8, 4) is 5.75 Å². The van der Waals surface area contributed by atoms with Crippen LogP contribution in [0.25, 0.3) is 0 Å². The fraction of sp³-hybridized carbons (Fsp3) is 0.571. The molecular weight excluding hydrogens is 228 g/mol. The Morgan fingerprint density at radius 1 is 1.17 bits per heavy atom. The number of nitrogens with two attached hydrogens (primary N) is 2. The van der Waals surface area contributed by atoms with Gasteiger partial charge in [-0.1, -0.05) is 19.9 Å². The maximum Gasteiger partial charge on any atom is 0.121 e. The first-order valence-corrected chi connectivity index (χ1v) is 6.37. The lowest BCUT2D eigenvalue weighted by atomic mass is 9.80. The lowest BCUT2D eigenvalue weighted by molar-refractivity contribution is 0.275. The van der Waals surface area contributed by atoms with Crippen molar-refractivity contribution in [2.24, 2.45) is 23.3 Å². The van der Waals surface area contributed by atoms with Crippen molar-refractivity contribution in [2.75, 3.05) is 13.1 Å². The van der Waals surface area contributed by atoms with Gasteiger partial charge in [-0.05, 0) is 48.5 Å². The summed E-state index contributed by atoms with van der Waals surface area (Å²) in [5.74, 6) is 1.06. The minimum atomic E-state index is -0.155. The van der Waals surface area contributed by atoms with Crippen LogP contribution in [0.3, 0.4) is 0 Å². The molecule has 0 radical (unpaired) electrons. The zero-order valence-electron chi connectivity index (χ0n) is 11.1. The van der Waals surface area contributed by atoms with Crippen LogP contribution in [-0.4, -0.2) is 23.3 Å². The molecule has 1 aromatic carbocycles. The van der Waals surface area contributed by atoms with E-state index in [1.54, 1.807) is 6.07 Å². The SMILES string of the molecule is CC(c1ccc(O)c(CO)c1)C(C)C(CN)CN. The predicted octanol–water partition coefficient (Wildman–Crippen LogP) is 1.16. The molecule has 1 aromatic rings. The van der Waals surface area contributed by atoms with Gasteiger partial charge in [0, 0.05) is 5.56 Å². The number of rotatable bonds is 6. The molecule has 1 rings (SSSR count). The summed E-state index contributed by atoms with van der Waals surface area (Å²) in [6.45, 7) is 5.26. The average molecular weight is 252 g/mol. The molecular formula is C14H24N2O2. The highest BCUT2D eigenvalue weighted by Crippen LogP contribution is 2.31. The second kappa shape index (κ2) is 6.73.